The lowest BCUT2D eigenvalue weighted by atomic mass is 10.2. The van der Waals surface area contributed by atoms with Gasteiger partial charge in [0, 0.05) is 10.8 Å². The highest BCUT2D eigenvalue weighted by Crippen LogP contribution is 2.28. The summed E-state index contributed by atoms with van der Waals surface area (Å²) in [5.74, 6) is -1.03. The molecular weight excluding hydrogens is 280 g/mol. The van der Waals surface area contributed by atoms with E-state index in [1.54, 1.807) is 6.92 Å². The number of aromatic nitrogens is 1. The molecular formula is C17H16N2O3. The van der Waals surface area contributed by atoms with E-state index in [9.17, 15) is 9.59 Å². The van der Waals surface area contributed by atoms with Gasteiger partial charge in [-0.3, -0.25) is 4.57 Å². The third-order valence-electron chi connectivity index (χ3n) is 3.79. The maximum Gasteiger partial charge on any atom is 0.327 e. The van der Waals surface area contributed by atoms with E-state index in [0.29, 0.717) is 6.42 Å². The van der Waals surface area contributed by atoms with Crippen molar-refractivity contribution in [3.8, 4) is 0 Å². The number of hydrogen-bond donors (Lipinski definition) is 2. The molecule has 0 saturated heterocycles. The highest BCUT2D eigenvalue weighted by atomic mass is 16.4. The van der Waals surface area contributed by atoms with Crippen LogP contribution in [0.1, 0.15) is 13.3 Å². The molecule has 0 spiro atoms. The molecule has 1 atom stereocenters. The number of benzene rings is 2. The third kappa shape index (κ3) is 2.20. The molecule has 0 aliphatic rings. The average molecular weight is 296 g/mol. The predicted molar refractivity (Wildman–Crippen MR) is 85.1 cm³/mol. The molecule has 0 bridgehead atoms. The van der Waals surface area contributed by atoms with Gasteiger partial charge < -0.3 is 10.4 Å². The van der Waals surface area contributed by atoms with Crippen LogP contribution in [0.2, 0.25) is 0 Å². The normalized spacial score (nSPS) is 12.4. The van der Waals surface area contributed by atoms with Crippen molar-refractivity contribution in [2.24, 2.45) is 0 Å². The molecule has 0 radical (unpaired) electrons. The summed E-state index contributed by atoms with van der Waals surface area (Å²) in [7, 11) is 0. The average Bonchev–Trinajstić information content (AvgIpc) is 2.86. The molecule has 3 aromatic rings. The predicted octanol–water partition coefficient (Wildman–Crippen LogP) is 3.22. The van der Waals surface area contributed by atoms with E-state index in [0.717, 1.165) is 21.8 Å². The number of fused-ring (bicyclic) bond motifs is 3. The summed E-state index contributed by atoms with van der Waals surface area (Å²) in [6.07, 6.45) is 0.332. The van der Waals surface area contributed by atoms with Gasteiger partial charge in [0.25, 0.3) is 0 Å². The first-order valence-corrected chi connectivity index (χ1v) is 7.15. The summed E-state index contributed by atoms with van der Waals surface area (Å²) in [6.45, 7) is 1.73. The molecule has 0 aliphatic carbocycles. The Morgan fingerprint density at radius 1 is 1.05 bits per heavy atom. The van der Waals surface area contributed by atoms with Crippen LogP contribution in [-0.2, 0) is 4.79 Å². The van der Waals surface area contributed by atoms with E-state index in [1.165, 1.54) is 4.57 Å². The van der Waals surface area contributed by atoms with Gasteiger partial charge in [0.15, 0.2) is 0 Å². The van der Waals surface area contributed by atoms with Crippen LogP contribution in [0.3, 0.4) is 0 Å². The Morgan fingerprint density at radius 2 is 1.55 bits per heavy atom. The second-order valence-corrected chi connectivity index (χ2v) is 5.12. The maximum absolute atomic E-state index is 12.6. The Hall–Kier alpha value is -2.82. The van der Waals surface area contributed by atoms with E-state index < -0.39 is 18.0 Å². The molecule has 1 unspecified atom stereocenters. The van der Waals surface area contributed by atoms with Gasteiger partial charge in [-0.1, -0.05) is 43.3 Å². The Labute approximate surface area is 127 Å². The molecule has 0 aliphatic heterocycles. The van der Waals surface area contributed by atoms with Gasteiger partial charge in [-0.15, -0.1) is 0 Å². The van der Waals surface area contributed by atoms with Crippen LogP contribution in [-0.4, -0.2) is 27.7 Å². The standard InChI is InChI=1S/C17H16N2O3/c1-2-13(16(20)21)18-17(22)19-14-9-5-3-7-11(14)12-8-4-6-10-15(12)19/h3-10,13H,2H2,1H3,(H,18,22)(H,20,21). The van der Waals surface area contributed by atoms with E-state index in [2.05, 4.69) is 5.32 Å². The summed E-state index contributed by atoms with van der Waals surface area (Å²) >= 11 is 0. The van der Waals surface area contributed by atoms with Gasteiger partial charge in [0.1, 0.15) is 6.04 Å². The fourth-order valence-electron chi connectivity index (χ4n) is 2.69. The molecule has 112 valence electrons. The topological polar surface area (TPSA) is 71.3 Å². The van der Waals surface area contributed by atoms with Crippen LogP contribution in [0.4, 0.5) is 4.79 Å². The molecule has 1 heterocycles. The van der Waals surface area contributed by atoms with Gasteiger partial charge in [0.05, 0.1) is 11.0 Å². The molecule has 2 N–H and O–H groups in total. The van der Waals surface area contributed by atoms with Crippen molar-refractivity contribution in [3.05, 3.63) is 48.5 Å². The lowest BCUT2D eigenvalue weighted by molar-refractivity contribution is -0.139. The van der Waals surface area contributed by atoms with Gasteiger partial charge in [-0.2, -0.15) is 0 Å². The summed E-state index contributed by atoms with van der Waals surface area (Å²) in [5, 5.41) is 13.6. The van der Waals surface area contributed by atoms with Crippen LogP contribution in [0.15, 0.2) is 48.5 Å². The molecule has 5 heteroatoms. The Balaban J connectivity index is 2.16. The Bertz CT molecular complexity index is 813. The number of aliphatic carboxylic acids is 1. The van der Waals surface area contributed by atoms with Gasteiger partial charge in [-0.25, -0.2) is 9.59 Å². The lowest BCUT2D eigenvalue weighted by Crippen LogP contribution is -2.42. The number of nitrogens with one attached hydrogen (secondary N) is 1. The molecule has 5 nitrogen and oxygen atoms in total. The quantitative estimate of drug-likeness (QED) is 0.779. The van der Waals surface area contributed by atoms with Crippen LogP contribution in [0, 0.1) is 0 Å². The number of amides is 1. The van der Waals surface area contributed by atoms with E-state index in [1.807, 2.05) is 48.5 Å². The third-order valence-corrected chi connectivity index (χ3v) is 3.79. The van der Waals surface area contributed by atoms with E-state index in [-0.39, 0.29) is 0 Å². The smallest absolute Gasteiger partial charge is 0.327 e. The highest BCUT2D eigenvalue weighted by molar-refractivity contribution is 6.13. The summed E-state index contributed by atoms with van der Waals surface area (Å²) in [6, 6.07) is 13.9. The van der Waals surface area contributed by atoms with Crippen molar-refractivity contribution in [1.29, 1.82) is 0 Å². The van der Waals surface area contributed by atoms with Crippen molar-refractivity contribution >= 4 is 33.8 Å². The monoisotopic (exact) mass is 296 g/mol. The second-order valence-electron chi connectivity index (χ2n) is 5.12. The fraction of sp³-hybridized carbons (Fsp3) is 0.176. The molecule has 22 heavy (non-hydrogen) atoms. The van der Waals surface area contributed by atoms with Gasteiger partial charge >= 0.3 is 12.0 Å². The van der Waals surface area contributed by atoms with Crippen LogP contribution < -0.4 is 5.32 Å². The first-order chi connectivity index (χ1) is 10.6. The number of carbonyl (C=O) groups excluding carboxylic acids is 1. The number of nitrogens with zero attached hydrogens (tertiary/aromatic N) is 1. The van der Waals surface area contributed by atoms with E-state index in [4.69, 9.17) is 5.11 Å². The molecule has 3 rings (SSSR count). The Morgan fingerprint density at radius 3 is 2.00 bits per heavy atom. The van der Waals surface area contributed by atoms with Crippen LogP contribution in [0.25, 0.3) is 21.8 Å². The number of carboxylic acid groups (broad SMARTS) is 1. The number of rotatable bonds is 3. The number of carboxylic acids is 1. The minimum atomic E-state index is -1.03. The molecule has 2 aromatic carbocycles. The van der Waals surface area contributed by atoms with Crippen molar-refractivity contribution < 1.29 is 14.7 Å². The Kier molecular flexibility index (Phi) is 3.55. The highest BCUT2D eigenvalue weighted by Gasteiger charge is 2.21. The molecule has 0 fully saturated rings. The van der Waals surface area contributed by atoms with Crippen LogP contribution >= 0.6 is 0 Å². The first-order valence-electron chi connectivity index (χ1n) is 7.15. The van der Waals surface area contributed by atoms with Crippen LogP contribution in [0.5, 0.6) is 0 Å². The summed E-state index contributed by atoms with van der Waals surface area (Å²) < 4.78 is 1.54. The van der Waals surface area contributed by atoms with Gasteiger partial charge in [0.2, 0.25) is 0 Å². The largest absolute Gasteiger partial charge is 0.480 e. The number of hydrogen-bond acceptors (Lipinski definition) is 2. The van der Waals surface area contributed by atoms with Crippen molar-refractivity contribution in [2.75, 3.05) is 0 Å². The van der Waals surface area contributed by atoms with Gasteiger partial charge in [-0.05, 0) is 18.6 Å². The summed E-state index contributed by atoms with van der Waals surface area (Å²) in [5.41, 5.74) is 1.53. The minimum absolute atomic E-state index is 0.332. The molecule has 0 saturated carbocycles. The SMILES string of the molecule is CCC(NC(=O)n1c2ccccc2c2ccccc21)C(=O)O. The number of carbonyl (C=O) groups is 2. The summed E-state index contributed by atoms with van der Waals surface area (Å²) in [4.78, 5) is 23.7. The van der Waals surface area contributed by atoms with Crippen molar-refractivity contribution in [3.63, 3.8) is 0 Å². The number of para-hydroxylation sites is 2. The fourth-order valence-corrected chi connectivity index (χ4v) is 2.69. The van der Waals surface area contributed by atoms with Crippen molar-refractivity contribution in [2.45, 2.75) is 19.4 Å². The molecule has 1 aromatic heterocycles. The lowest BCUT2D eigenvalue weighted by Gasteiger charge is -2.14. The van der Waals surface area contributed by atoms with Crippen molar-refractivity contribution in [1.82, 2.24) is 9.88 Å². The zero-order valence-electron chi connectivity index (χ0n) is 12.1. The zero-order valence-corrected chi connectivity index (χ0v) is 12.1. The first kappa shape index (κ1) is 14.1. The maximum atomic E-state index is 12.6. The second kappa shape index (κ2) is 5.52. The zero-order chi connectivity index (χ0) is 15.7. The minimum Gasteiger partial charge on any atom is -0.480 e. The molecule has 1 amide bonds. The van der Waals surface area contributed by atoms with E-state index >= 15 is 0 Å².